The van der Waals surface area contributed by atoms with Crippen LogP contribution in [0.15, 0.2) is 30.3 Å². The second kappa shape index (κ2) is 14.5. The average Bonchev–Trinajstić information content (AvgIpc) is 3.59. The lowest BCUT2D eigenvalue weighted by Gasteiger charge is -2.40. The number of aryl methyl sites for hydroxylation is 1. The molecule has 0 bridgehead atoms. The summed E-state index contributed by atoms with van der Waals surface area (Å²) in [4.78, 5) is 0. The number of aliphatic hydroxyl groups excluding tert-OH is 7. The second-order valence-corrected chi connectivity index (χ2v) is 11.6. The van der Waals surface area contributed by atoms with Crippen LogP contribution in [0.4, 0.5) is 0 Å². The monoisotopic (exact) mass is 654 g/mol. The Morgan fingerprint density at radius 1 is 0.891 bits per heavy atom. The molecular weight excluding hydrogens is 612 g/mol. The molecule has 0 aliphatic carbocycles. The number of aliphatic hydroxyl groups is 8. The zero-order valence-corrected chi connectivity index (χ0v) is 25.5. The van der Waals surface area contributed by atoms with Crippen LogP contribution >= 0.6 is 0 Å². The maximum atomic E-state index is 10.7. The fourth-order valence-corrected chi connectivity index (χ4v) is 5.89. The lowest BCUT2D eigenvalue weighted by atomic mass is 9.90. The normalized spacial score (nSPS) is 33.8. The lowest BCUT2D eigenvalue weighted by molar-refractivity contribution is -0.289. The largest absolute Gasteiger partial charge is 0.493 e. The number of benzene rings is 2. The molecule has 2 saturated heterocycles. The highest BCUT2D eigenvalue weighted by Gasteiger charge is 2.50. The van der Waals surface area contributed by atoms with Crippen LogP contribution in [0.5, 0.6) is 23.0 Å². The minimum atomic E-state index is -1.92. The molecule has 8 N–H and O–H groups in total. The molecule has 10 atom stereocenters. The quantitative estimate of drug-likeness (QED) is 0.123. The number of ether oxygens (including phenoxy) is 7. The number of rotatable bonds is 13. The maximum Gasteiger partial charge on any atom is 0.229 e. The predicted octanol–water partition coefficient (Wildman–Crippen LogP) is -1.52. The van der Waals surface area contributed by atoms with E-state index in [1.165, 1.54) is 14.2 Å². The van der Waals surface area contributed by atoms with E-state index in [9.17, 15) is 40.9 Å². The molecule has 3 heterocycles. The SMILES string of the molecule is COc1cc(C2Oc3c(OC)cc(CCCO)cc3C2CO)ccc1OC1OC(COC2OCC(O)(CO)C2O)C(O)C(O)C1O. The summed E-state index contributed by atoms with van der Waals surface area (Å²) in [6, 6.07) is 8.68. The molecule has 2 aromatic carbocycles. The highest BCUT2D eigenvalue weighted by atomic mass is 16.7. The molecule has 2 aromatic rings. The molecule has 46 heavy (non-hydrogen) atoms. The van der Waals surface area contributed by atoms with Gasteiger partial charge in [0.05, 0.1) is 46.6 Å². The Labute approximate surface area is 265 Å². The van der Waals surface area contributed by atoms with Gasteiger partial charge >= 0.3 is 0 Å². The molecule has 15 nitrogen and oxygen atoms in total. The third kappa shape index (κ3) is 6.63. The van der Waals surface area contributed by atoms with Crippen molar-refractivity contribution in [2.24, 2.45) is 0 Å². The molecule has 10 unspecified atom stereocenters. The molecule has 0 saturated carbocycles. The van der Waals surface area contributed by atoms with Gasteiger partial charge in [-0.15, -0.1) is 0 Å². The standard InChI is InChI=1S/C31H42O15/c1-40-20-10-16(26-18(11-33)17-8-15(4-3-7-32)9-21(41-2)27(17)46-26)5-6-19(20)44-29-25(37)24(36)23(35)22(45-29)12-42-30-28(38)31(39,13-34)14-43-30/h5-6,8-10,18,22-26,28-30,32-39H,3-4,7,11-14H2,1-2H3. The van der Waals surface area contributed by atoms with E-state index in [0.29, 0.717) is 29.9 Å². The van der Waals surface area contributed by atoms with Gasteiger partial charge < -0.3 is 74.0 Å². The average molecular weight is 655 g/mol. The fraction of sp³-hybridized carbons (Fsp3) is 0.613. The van der Waals surface area contributed by atoms with Crippen molar-refractivity contribution in [2.45, 2.75) is 73.6 Å². The van der Waals surface area contributed by atoms with Crippen molar-refractivity contribution < 1.29 is 74.0 Å². The van der Waals surface area contributed by atoms with Gasteiger partial charge in [-0.25, -0.2) is 0 Å². The summed E-state index contributed by atoms with van der Waals surface area (Å²) >= 11 is 0. The minimum absolute atomic E-state index is 0.0449. The second-order valence-electron chi connectivity index (χ2n) is 11.6. The Bertz CT molecular complexity index is 1330. The third-order valence-electron chi connectivity index (χ3n) is 8.63. The topological polar surface area (TPSA) is 226 Å². The van der Waals surface area contributed by atoms with Gasteiger partial charge in [-0.2, -0.15) is 0 Å². The zero-order chi connectivity index (χ0) is 33.2. The van der Waals surface area contributed by atoms with Crippen LogP contribution in [0.2, 0.25) is 0 Å². The van der Waals surface area contributed by atoms with Crippen molar-refractivity contribution in [1.82, 2.24) is 0 Å². The zero-order valence-electron chi connectivity index (χ0n) is 25.5. The fourth-order valence-electron chi connectivity index (χ4n) is 5.89. The van der Waals surface area contributed by atoms with E-state index in [4.69, 9.17) is 33.2 Å². The molecule has 0 spiro atoms. The molecule has 2 fully saturated rings. The van der Waals surface area contributed by atoms with E-state index in [2.05, 4.69) is 0 Å². The van der Waals surface area contributed by atoms with Gasteiger partial charge in [-0.05, 0) is 42.2 Å². The van der Waals surface area contributed by atoms with Gasteiger partial charge in [0.25, 0.3) is 0 Å². The van der Waals surface area contributed by atoms with Gasteiger partial charge in [0, 0.05) is 12.2 Å². The van der Waals surface area contributed by atoms with Gasteiger partial charge in [0.15, 0.2) is 29.3 Å². The first-order valence-corrected chi connectivity index (χ1v) is 15.0. The van der Waals surface area contributed by atoms with Crippen molar-refractivity contribution in [1.29, 1.82) is 0 Å². The molecule has 3 aliphatic rings. The summed E-state index contributed by atoms with van der Waals surface area (Å²) < 4.78 is 39.7. The van der Waals surface area contributed by atoms with Gasteiger partial charge in [-0.3, -0.25) is 0 Å². The molecule has 15 heteroatoms. The molecule has 0 aromatic heterocycles. The van der Waals surface area contributed by atoms with Crippen LogP contribution in [0, 0.1) is 0 Å². The molecule has 0 radical (unpaired) electrons. The highest BCUT2D eigenvalue weighted by molar-refractivity contribution is 5.56. The van der Waals surface area contributed by atoms with E-state index in [-0.39, 0.29) is 31.3 Å². The van der Waals surface area contributed by atoms with Crippen molar-refractivity contribution in [3.8, 4) is 23.0 Å². The maximum absolute atomic E-state index is 10.7. The van der Waals surface area contributed by atoms with Crippen LogP contribution in [-0.2, 0) is 20.6 Å². The minimum Gasteiger partial charge on any atom is -0.493 e. The van der Waals surface area contributed by atoms with Gasteiger partial charge in [0.2, 0.25) is 6.29 Å². The third-order valence-corrected chi connectivity index (χ3v) is 8.63. The Morgan fingerprint density at radius 2 is 1.65 bits per heavy atom. The lowest BCUT2D eigenvalue weighted by Crippen LogP contribution is -2.60. The van der Waals surface area contributed by atoms with E-state index in [0.717, 1.165) is 11.1 Å². The summed E-state index contributed by atoms with van der Waals surface area (Å²) in [6.07, 6.45) is -10.1. The van der Waals surface area contributed by atoms with E-state index >= 15 is 0 Å². The molecule has 256 valence electrons. The number of methoxy groups -OCH3 is 2. The molecule has 3 aliphatic heterocycles. The van der Waals surface area contributed by atoms with Crippen molar-refractivity contribution in [3.63, 3.8) is 0 Å². The Morgan fingerprint density at radius 3 is 2.30 bits per heavy atom. The van der Waals surface area contributed by atoms with Crippen LogP contribution in [0.1, 0.15) is 35.1 Å². The summed E-state index contributed by atoms with van der Waals surface area (Å²) in [6.45, 7) is -1.76. The van der Waals surface area contributed by atoms with E-state index < -0.39 is 73.9 Å². The van der Waals surface area contributed by atoms with Gasteiger partial charge in [0.1, 0.15) is 42.2 Å². The Hall–Kier alpha value is -2.80. The molecule has 0 amide bonds. The molecule has 5 rings (SSSR count). The summed E-state index contributed by atoms with van der Waals surface area (Å²) in [5, 5.41) is 81.1. The van der Waals surface area contributed by atoms with Gasteiger partial charge in [-0.1, -0.05) is 12.1 Å². The van der Waals surface area contributed by atoms with Crippen LogP contribution in [0.25, 0.3) is 0 Å². The van der Waals surface area contributed by atoms with Crippen LogP contribution < -0.4 is 18.9 Å². The predicted molar refractivity (Wildman–Crippen MR) is 156 cm³/mol. The van der Waals surface area contributed by atoms with Crippen molar-refractivity contribution in [3.05, 3.63) is 47.0 Å². The van der Waals surface area contributed by atoms with Crippen molar-refractivity contribution in [2.75, 3.05) is 47.3 Å². The number of hydrogen-bond donors (Lipinski definition) is 8. The number of fused-ring (bicyclic) bond motifs is 1. The van der Waals surface area contributed by atoms with E-state index in [1.54, 1.807) is 18.2 Å². The molecular formula is C31H42O15. The first-order valence-electron chi connectivity index (χ1n) is 15.0. The summed E-state index contributed by atoms with van der Waals surface area (Å²) in [7, 11) is 2.94. The Balaban J connectivity index is 1.31. The van der Waals surface area contributed by atoms with E-state index in [1.807, 2.05) is 12.1 Å². The van der Waals surface area contributed by atoms with Crippen LogP contribution in [0.3, 0.4) is 0 Å². The van der Waals surface area contributed by atoms with Crippen LogP contribution in [-0.4, -0.2) is 137 Å². The summed E-state index contributed by atoms with van der Waals surface area (Å²) in [5.41, 5.74) is 0.437. The first-order chi connectivity index (χ1) is 22.1. The van der Waals surface area contributed by atoms with Crippen molar-refractivity contribution >= 4 is 0 Å². The first kappa shape index (κ1) is 34.5. The smallest absolute Gasteiger partial charge is 0.229 e. The number of hydrogen-bond acceptors (Lipinski definition) is 15. The summed E-state index contributed by atoms with van der Waals surface area (Å²) in [5.74, 6) is 0.931. The Kier molecular flexibility index (Phi) is 10.9. The highest BCUT2D eigenvalue weighted by Crippen LogP contribution is 2.51.